The number of alkyl carbamates (subject to hydrolysis) is 1. The van der Waals surface area contributed by atoms with Gasteiger partial charge in [0.15, 0.2) is 0 Å². The number of hydrogen-bond acceptors (Lipinski definition) is 4. The third-order valence-electron chi connectivity index (χ3n) is 4.17. The molecule has 104 valence electrons. The largest absolute Gasteiger partial charge is 0.446 e. The third kappa shape index (κ3) is 3.59. The standard InChI is InChI=1S/C13H24N2O3/c14-12-9(4-2-6-11(12)16)3-1-5-10-7-8-15-13(17)18-10/h9-12,16H,1-8,14H2,(H,15,17)/t9?,10-,11?,12?/m0/s1. The van der Waals surface area contributed by atoms with E-state index in [9.17, 15) is 9.90 Å². The Bertz CT molecular complexity index is 285. The number of hydrogen-bond donors (Lipinski definition) is 3. The summed E-state index contributed by atoms with van der Waals surface area (Å²) in [7, 11) is 0. The van der Waals surface area contributed by atoms with E-state index >= 15 is 0 Å². The van der Waals surface area contributed by atoms with Crippen LogP contribution in [-0.4, -0.2) is 36.0 Å². The van der Waals surface area contributed by atoms with E-state index in [2.05, 4.69) is 5.32 Å². The molecule has 0 spiro atoms. The molecule has 0 bridgehead atoms. The lowest BCUT2D eigenvalue weighted by Gasteiger charge is -2.33. The fourth-order valence-electron chi connectivity index (χ4n) is 3.02. The number of rotatable bonds is 4. The minimum Gasteiger partial charge on any atom is -0.446 e. The summed E-state index contributed by atoms with van der Waals surface area (Å²) < 4.78 is 5.19. The van der Waals surface area contributed by atoms with Crippen molar-refractivity contribution in [2.24, 2.45) is 11.7 Å². The van der Waals surface area contributed by atoms with E-state index in [0.29, 0.717) is 12.5 Å². The summed E-state index contributed by atoms with van der Waals surface area (Å²) in [4.78, 5) is 11.0. The van der Waals surface area contributed by atoms with Crippen LogP contribution in [0.4, 0.5) is 4.79 Å². The van der Waals surface area contributed by atoms with Gasteiger partial charge in [0.25, 0.3) is 0 Å². The van der Waals surface area contributed by atoms with E-state index in [1.165, 1.54) is 0 Å². The molecule has 5 heteroatoms. The monoisotopic (exact) mass is 256 g/mol. The number of cyclic esters (lactones) is 1. The Morgan fingerprint density at radius 1 is 1.33 bits per heavy atom. The van der Waals surface area contributed by atoms with Crippen molar-refractivity contribution in [2.75, 3.05) is 6.54 Å². The molecule has 1 aliphatic carbocycles. The van der Waals surface area contributed by atoms with Gasteiger partial charge in [-0.25, -0.2) is 4.79 Å². The van der Waals surface area contributed by atoms with Gasteiger partial charge in [-0.2, -0.15) is 0 Å². The van der Waals surface area contributed by atoms with E-state index in [-0.39, 0.29) is 24.3 Å². The summed E-state index contributed by atoms with van der Waals surface area (Å²) in [6, 6.07) is -0.0747. The molecule has 1 saturated carbocycles. The quantitative estimate of drug-likeness (QED) is 0.704. The molecule has 1 aliphatic heterocycles. The van der Waals surface area contributed by atoms with Crippen LogP contribution >= 0.6 is 0 Å². The molecule has 2 fully saturated rings. The van der Waals surface area contributed by atoms with Gasteiger partial charge in [0.1, 0.15) is 6.10 Å². The highest BCUT2D eigenvalue weighted by Crippen LogP contribution is 2.28. The molecule has 2 aliphatic rings. The van der Waals surface area contributed by atoms with Crippen LogP contribution in [0.5, 0.6) is 0 Å². The van der Waals surface area contributed by atoms with Crippen molar-refractivity contribution >= 4 is 6.09 Å². The van der Waals surface area contributed by atoms with Gasteiger partial charge in [-0.3, -0.25) is 0 Å². The molecule has 5 nitrogen and oxygen atoms in total. The van der Waals surface area contributed by atoms with Crippen LogP contribution in [0.25, 0.3) is 0 Å². The van der Waals surface area contributed by atoms with E-state index in [4.69, 9.17) is 10.5 Å². The summed E-state index contributed by atoms with van der Waals surface area (Å²) >= 11 is 0. The van der Waals surface area contributed by atoms with Gasteiger partial charge in [0.2, 0.25) is 0 Å². The molecule has 2 rings (SSSR count). The first-order valence-electron chi connectivity index (χ1n) is 7.05. The van der Waals surface area contributed by atoms with Gasteiger partial charge in [0.05, 0.1) is 6.10 Å². The fourth-order valence-corrected chi connectivity index (χ4v) is 3.02. The number of nitrogens with one attached hydrogen (secondary N) is 1. The molecule has 0 aromatic heterocycles. The normalized spacial score (nSPS) is 36.9. The van der Waals surface area contributed by atoms with Crippen molar-refractivity contribution in [1.82, 2.24) is 5.32 Å². The number of carbonyl (C=O) groups excluding carboxylic acids is 1. The van der Waals surface area contributed by atoms with Gasteiger partial charge in [-0.1, -0.05) is 6.42 Å². The predicted octanol–water partition coefficient (Wildman–Crippen LogP) is 1.14. The second-order valence-electron chi connectivity index (χ2n) is 5.51. The summed E-state index contributed by atoms with van der Waals surface area (Å²) in [5.74, 6) is 0.422. The zero-order valence-corrected chi connectivity index (χ0v) is 10.8. The van der Waals surface area contributed by atoms with E-state index in [0.717, 1.165) is 44.9 Å². The minimum atomic E-state index is -0.333. The average Bonchev–Trinajstić information content (AvgIpc) is 2.35. The second-order valence-corrected chi connectivity index (χ2v) is 5.51. The molecule has 0 aromatic carbocycles. The van der Waals surface area contributed by atoms with Gasteiger partial charge in [-0.15, -0.1) is 0 Å². The predicted molar refractivity (Wildman–Crippen MR) is 68.1 cm³/mol. The summed E-state index contributed by atoms with van der Waals surface area (Å²) in [6.45, 7) is 0.713. The van der Waals surface area contributed by atoms with Crippen LogP contribution in [-0.2, 0) is 4.74 Å². The molecular formula is C13H24N2O3. The number of carbonyl (C=O) groups is 1. The highest BCUT2D eigenvalue weighted by molar-refractivity contribution is 5.67. The Hall–Kier alpha value is -0.810. The highest BCUT2D eigenvalue weighted by atomic mass is 16.6. The third-order valence-corrected chi connectivity index (χ3v) is 4.17. The molecular weight excluding hydrogens is 232 g/mol. The van der Waals surface area contributed by atoms with Crippen molar-refractivity contribution in [2.45, 2.75) is 63.2 Å². The fraction of sp³-hybridized carbons (Fsp3) is 0.923. The Kier molecular flexibility index (Phi) is 4.83. The van der Waals surface area contributed by atoms with Gasteiger partial charge >= 0.3 is 6.09 Å². The Balaban J connectivity index is 1.66. The molecule has 1 amide bonds. The van der Waals surface area contributed by atoms with E-state index in [1.54, 1.807) is 0 Å². The lowest BCUT2D eigenvalue weighted by Crippen LogP contribution is -2.44. The van der Waals surface area contributed by atoms with Crippen LogP contribution in [0.3, 0.4) is 0 Å². The smallest absolute Gasteiger partial charge is 0.407 e. The Morgan fingerprint density at radius 2 is 2.17 bits per heavy atom. The molecule has 1 saturated heterocycles. The maximum Gasteiger partial charge on any atom is 0.407 e. The van der Waals surface area contributed by atoms with Gasteiger partial charge < -0.3 is 20.9 Å². The molecule has 18 heavy (non-hydrogen) atoms. The SMILES string of the molecule is NC1C(O)CCCC1CCC[C@H]1CCNC(=O)O1. The van der Waals surface area contributed by atoms with Crippen molar-refractivity contribution in [3.63, 3.8) is 0 Å². The van der Waals surface area contributed by atoms with Crippen LogP contribution in [0.1, 0.15) is 44.9 Å². The van der Waals surface area contributed by atoms with Crippen molar-refractivity contribution < 1.29 is 14.6 Å². The van der Waals surface area contributed by atoms with Crippen LogP contribution in [0.15, 0.2) is 0 Å². The van der Waals surface area contributed by atoms with Crippen molar-refractivity contribution in [3.05, 3.63) is 0 Å². The summed E-state index contributed by atoms with van der Waals surface area (Å²) in [6.07, 6.45) is 6.30. The average molecular weight is 256 g/mol. The lowest BCUT2D eigenvalue weighted by atomic mass is 9.80. The second kappa shape index (κ2) is 6.38. The number of nitrogens with two attached hydrogens (primary N) is 1. The zero-order chi connectivity index (χ0) is 13.0. The number of aliphatic hydroxyl groups is 1. The minimum absolute atomic E-state index is 0.0588. The highest BCUT2D eigenvalue weighted by Gasteiger charge is 2.29. The first-order chi connectivity index (χ1) is 8.66. The molecule has 4 N–H and O–H groups in total. The van der Waals surface area contributed by atoms with Crippen LogP contribution in [0, 0.1) is 5.92 Å². The molecule has 3 unspecified atom stereocenters. The van der Waals surface area contributed by atoms with E-state index < -0.39 is 0 Å². The molecule has 1 heterocycles. The number of amides is 1. The van der Waals surface area contributed by atoms with Gasteiger partial charge in [0, 0.05) is 19.0 Å². The number of aliphatic hydroxyl groups excluding tert-OH is 1. The maximum atomic E-state index is 11.0. The molecule has 4 atom stereocenters. The first-order valence-corrected chi connectivity index (χ1v) is 7.05. The van der Waals surface area contributed by atoms with E-state index in [1.807, 2.05) is 0 Å². The maximum absolute atomic E-state index is 11.0. The molecule has 0 radical (unpaired) electrons. The summed E-state index contributed by atoms with van der Waals surface area (Å²) in [5.41, 5.74) is 6.02. The summed E-state index contributed by atoms with van der Waals surface area (Å²) in [5, 5.41) is 12.4. The van der Waals surface area contributed by atoms with Crippen LogP contribution < -0.4 is 11.1 Å². The van der Waals surface area contributed by atoms with Crippen molar-refractivity contribution in [1.29, 1.82) is 0 Å². The van der Waals surface area contributed by atoms with Crippen molar-refractivity contribution in [3.8, 4) is 0 Å². The first kappa shape index (κ1) is 13.6. The Labute approximate surface area is 108 Å². The number of ether oxygens (including phenoxy) is 1. The van der Waals surface area contributed by atoms with Gasteiger partial charge in [-0.05, 0) is 38.0 Å². The topological polar surface area (TPSA) is 84.6 Å². The zero-order valence-electron chi connectivity index (χ0n) is 10.8. The Morgan fingerprint density at radius 3 is 2.94 bits per heavy atom. The molecule has 0 aromatic rings. The van der Waals surface area contributed by atoms with Crippen LogP contribution in [0.2, 0.25) is 0 Å². The lowest BCUT2D eigenvalue weighted by molar-refractivity contribution is 0.0585.